The van der Waals surface area contributed by atoms with Gasteiger partial charge in [-0.3, -0.25) is 0 Å². The van der Waals surface area contributed by atoms with Crippen molar-refractivity contribution < 1.29 is 37.4 Å². The summed E-state index contributed by atoms with van der Waals surface area (Å²) in [6.07, 6.45) is 4.24. The molecule has 3 aromatic rings. The third-order valence-corrected chi connectivity index (χ3v) is 7.17. The van der Waals surface area contributed by atoms with E-state index in [1.807, 2.05) is 44.2 Å². The van der Waals surface area contributed by atoms with Gasteiger partial charge in [0.05, 0.1) is 24.8 Å². The molecule has 1 aromatic heterocycles. The first-order valence-electron chi connectivity index (χ1n) is 12.9. The lowest BCUT2D eigenvalue weighted by Crippen LogP contribution is -2.37. The second-order valence-electron chi connectivity index (χ2n) is 9.80. The van der Waals surface area contributed by atoms with Gasteiger partial charge in [0.2, 0.25) is 5.88 Å². The van der Waals surface area contributed by atoms with E-state index in [2.05, 4.69) is 4.98 Å². The van der Waals surface area contributed by atoms with Gasteiger partial charge < -0.3 is 33.9 Å². The minimum atomic E-state index is -3.02. The summed E-state index contributed by atoms with van der Waals surface area (Å²) in [5.74, 6) is 0.495. The summed E-state index contributed by atoms with van der Waals surface area (Å²) in [6, 6.07) is 17.0. The van der Waals surface area contributed by atoms with Gasteiger partial charge in [0, 0.05) is 35.6 Å². The first kappa shape index (κ1) is 29.7. The molecule has 4 rings (SSSR count). The molecule has 0 unspecified atom stereocenters. The monoisotopic (exact) mass is 580 g/mol. The smallest absolute Gasteiger partial charge is 0.494 e. The van der Waals surface area contributed by atoms with Gasteiger partial charge in [0.15, 0.2) is 0 Å². The Kier molecular flexibility index (Phi) is 9.33. The van der Waals surface area contributed by atoms with E-state index in [0.717, 1.165) is 27.9 Å². The first-order valence-corrected chi connectivity index (χ1v) is 15.0. The zero-order valence-corrected chi connectivity index (χ0v) is 24.2. The maximum absolute atomic E-state index is 11.3. The summed E-state index contributed by atoms with van der Waals surface area (Å²) < 4.78 is 45.2. The molecular formula is C29H33BN2O8S. The molecule has 41 heavy (non-hydrogen) atoms. The van der Waals surface area contributed by atoms with Crippen molar-refractivity contribution in [3.05, 3.63) is 95.7 Å². The van der Waals surface area contributed by atoms with Crippen LogP contribution in [0.5, 0.6) is 11.6 Å². The Hall–Kier alpha value is -4.32. The fourth-order valence-electron chi connectivity index (χ4n) is 4.15. The van der Waals surface area contributed by atoms with E-state index in [9.17, 15) is 18.6 Å². The third-order valence-electron chi connectivity index (χ3n) is 6.13. The fourth-order valence-corrected chi connectivity index (χ4v) is 4.80. The van der Waals surface area contributed by atoms with Crippen LogP contribution in [-0.4, -0.2) is 61.3 Å². The minimum absolute atomic E-state index is 0.0772. The van der Waals surface area contributed by atoms with Crippen LogP contribution in [0.4, 0.5) is 0 Å². The molecule has 2 aromatic carbocycles. The van der Waals surface area contributed by atoms with E-state index in [1.54, 1.807) is 31.3 Å². The van der Waals surface area contributed by atoms with E-state index in [1.165, 1.54) is 23.6 Å². The third kappa shape index (κ3) is 8.58. The molecule has 2 heterocycles. The number of pyridine rings is 1. The van der Waals surface area contributed by atoms with Crippen molar-refractivity contribution in [2.45, 2.75) is 26.9 Å². The summed E-state index contributed by atoms with van der Waals surface area (Å²) in [5, 5.41) is 19.9. The number of aryl methyl sites for hydroxylation is 2. The molecule has 0 radical (unpaired) electrons. The fraction of sp³-hybridized carbons (Fsp3) is 0.276. The molecule has 10 nitrogen and oxygen atoms in total. The zero-order valence-electron chi connectivity index (χ0n) is 23.4. The second-order valence-corrected chi connectivity index (χ2v) is 12.1. The number of sulfone groups is 1. The number of ether oxygens (including phenoxy) is 2. The van der Waals surface area contributed by atoms with Crippen molar-refractivity contribution in [3.63, 3.8) is 0 Å². The normalized spacial score (nSPS) is 15.0. The molecule has 0 atom stereocenters. The molecule has 2 N–H and O–H groups in total. The molecule has 1 aliphatic rings. The summed E-state index contributed by atoms with van der Waals surface area (Å²) in [4.78, 5) is 6.02. The van der Waals surface area contributed by atoms with Crippen molar-refractivity contribution >= 4 is 22.4 Å². The van der Waals surface area contributed by atoms with Crippen LogP contribution in [0.2, 0.25) is 0 Å². The number of aromatic nitrogens is 1. The molecule has 0 spiro atoms. The van der Waals surface area contributed by atoms with Crippen molar-refractivity contribution in [3.8, 4) is 22.8 Å². The molecule has 0 saturated carbocycles. The molecule has 0 aliphatic carbocycles. The number of rotatable bonds is 10. The number of hydrogen-bond acceptors (Lipinski definition) is 10. The highest BCUT2D eigenvalue weighted by molar-refractivity contribution is 7.90. The SMILES string of the molecule is Cc1cc(-c2cccc(COc3ccc(B4OC(O)=CN(C)/C=C(/O)O4)cc3)c2)c(C)nc1OCCCS(C)(=O)=O. The quantitative estimate of drug-likeness (QED) is 0.267. The van der Waals surface area contributed by atoms with Gasteiger partial charge in [0.25, 0.3) is 11.9 Å². The summed E-state index contributed by atoms with van der Waals surface area (Å²) in [6.45, 7) is 4.44. The van der Waals surface area contributed by atoms with Gasteiger partial charge in [-0.1, -0.05) is 30.3 Å². The Morgan fingerprint density at radius 2 is 1.66 bits per heavy atom. The van der Waals surface area contributed by atoms with Crippen LogP contribution in [0, 0.1) is 13.8 Å². The van der Waals surface area contributed by atoms with Crippen LogP contribution in [-0.2, 0) is 25.8 Å². The molecule has 216 valence electrons. The van der Waals surface area contributed by atoms with E-state index in [-0.39, 0.29) is 24.3 Å². The summed E-state index contributed by atoms with van der Waals surface area (Å²) in [5.41, 5.74) is 5.16. The van der Waals surface area contributed by atoms with Gasteiger partial charge in [-0.15, -0.1) is 0 Å². The van der Waals surface area contributed by atoms with E-state index in [4.69, 9.17) is 18.8 Å². The van der Waals surface area contributed by atoms with Crippen molar-refractivity contribution in [1.29, 1.82) is 0 Å². The second kappa shape index (κ2) is 12.9. The highest BCUT2D eigenvalue weighted by atomic mass is 32.2. The van der Waals surface area contributed by atoms with Crippen LogP contribution in [0.1, 0.15) is 23.2 Å². The molecular weight excluding hydrogens is 547 g/mol. The van der Waals surface area contributed by atoms with E-state index in [0.29, 0.717) is 30.1 Å². The van der Waals surface area contributed by atoms with Crippen LogP contribution < -0.4 is 14.9 Å². The molecule has 12 heteroatoms. The standard InChI is InChI=1S/C29H33BN2O8S/c1-20-15-26(21(2)31-29(20)37-13-6-14-41(4,35)36)23-8-5-7-22(16-23)19-38-25-11-9-24(10-12-25)30-39-27(33)17-32(3)18-28(34)40-30/h5,7-12,15-18,33-34H,6,13-14,19H2,1-4H3/b27-17-,28-18?. The average Bonchev–Trinajstić information content (AvgIpc) is 2.90. The van der Waals surface area contributed by atoms with Gasteiger partial charge in [0.1, 0.15) is 22.2 Å². The van der Waals surface area contributed by atoms with Gasteiger partial charge in [-0.05, 0) is 55.7 Å². The maximum atomic E-state index is 11.3. The highest BCUT2D eigenvalue weighted by Crippen LogP contribution is 2.28. The first-order chi connectivity index (χ1) is 19.5. The van der Waals surface area contributed by atoms with Crippen molar-refractivity contribution in [2.75, 3.05) is 25.7 Å². The predicted octanol–water partition coefficient (Wildman–Crippen LogP) is 4.15. The van der Waals surface area contributed by atoms with Crippen molar-refractivity contribution in [2.24, 2.45) is 0 Å². The number of nitrogens with zero attached hydrogens (tertiary/aromatic N) is 2. The maximum Gasteiger partial charge on any atom is 0.636 e. The summed E-state index contributed by atoms with van der Waals surface area (Å²) in [7, 11) is -2.45. The average molecular weight is 580 g/mol. The zero-order chi connectivity index (χ0) is 29.6. The number of benzene rings is 2. The van der Waals surface area contributed by atoms with Crippen LogP contribution >= 0.6 is 0 Å². The van der Waals surface area contributed by atoms with Gasteiger partial charge in [-0.2, -0.15) is 0 Å². The lowest BCUT2D eigenvalue weighted by Gasteiger charge is -2.20. The van der Waals surface area contributed by atoms with E-state index < -0.39 is 17.0 Å². The molecule has 1 aliphatic heterocycles. The predicted molar refractivity (Wildman–Crippen MR) is 156 cm³/mol. The number of aliphatic hydroxyl groups excluding tert-OH is 2. The van der Waals surface area contributed by atoms with E-state index >= 15 is 0 Å². The molecule has 0 fully saturated rings. The highest BCUT2D eigenvalue weighted by Gasteiger charge is 2.29. The Morgan fingerprint density at radius 1 is 0.976 bits per heavy atom. The lowest BCUT2D eigenvalue weighted by atomic mass is 9.79. The van der Waals surface area contributed by atoms with Crippen LogP contribution in [0.15, 0.2) is 78.9 Å². The Balaban J connectivity index is 1.39. The molecule has 0 bridgehead atoms. The topological polar surface area (TPSA) is 128 Å². The Labute approximate surface area is 240 Å². The number of hydrogen-bond donors (Lipinski definition) is 2. The minimum Gasteiger partial charge on any atom is -0.494 e. The largest absolute Gasteiger partial charge is 0.636 e. The number of aliphatic hydroxyl groups is 2. The molecule has 0 saturated heterocycles. The van der Waals surface area contributed by atoms with Crippen LogP contribution in [0.3, 0.4) is 0 Å². The lowest BCUT2D eigenvalue weighted by molar-refractivity contribution is 0.124. The summed E-state index contributed by atoms with van der Waals surface area (Å²) >= 11 is 0. The Morgan fingerprint density at radius 3 is 2.32 bits per heavy atom. The van der Waals surface area contributed by atoms with Gasteiger partial charge >= 0.3 is 7.12 Å². The van der Waals surface area contributed by atoms with Crippen LogP contribution in [0.25, 0.3) is 11.1 Å². The van der Waals surface area contributed by atoms with Gasteiger partial charge in [-0.25, -0.2) is 13.4 Å². The van der Waals surface area contributed by atoms with Crippen molar-refractivity contribution in [1.82, 2.24) is 9.88 Å². The molecule has 0 amide bonds. The Bertz CT molecular complexity index is 1520.